The molecule has 3 aliphatic carbocycles. The van der Waals surface area contributed by atoms with Gasteiger partial charge in [0.15, 0.2) is 0 Å². The Hall–Kier alpha value is -2.33. The summed E-state index contributed by atoms with van der Waals surface area (Å²) in [5.41, 5.74) is 1.42. The van der Waals surface area contributed by atoms with Crippen molar-refractivity contribution in [3.05, 3.63) is 60.2 Å². The number of methoxy groups -OCH3 is 1. The monoisotopic (exact) mass is 418 g/mol. The second-order valence-electron chi connectivity index (χ2n) is 10.4. The molecule has 4 nitrogen and oxygen atoms in total. The van der Waals surface area contributed by atoms with E-state index in [4.69, 9.17) is 14.2 Å². The normalized spacial score (nSPS) is 39.1. The van der Waals surface area contributed by atoms with Gasteiger partial charge < -0.3 is 14.2 Å². The number of carbonyl (C=O) groups excluding carboxylic acids is 1. The molecule has 4 heteroatoms. The quantitative estimate of drug-likeness (QED) is 0.529. The van der Waals surface area contributed by atoms with E-state index in [1.54, 1.807) is 0 Å². The van der Waals surface area contributed by atoms with Crippen LogP contribution in [0, 0.1) is 22.2 Å². The molecule has 1 spiro atoms. The van der Waals surface area contributed by atoms with E-state index in [0.717, 1.165) is 43.8 Å². The van der Waals surface area contributed by atoms with Gasteiger partial charge in [-0.25, -0.2) is 0 Å². The molecule has 1 saturated heterocycles. The van der Waals surface area contributed by atoms with Gasteiger partial charge in [-0.3, -0.25) is 4.79 Å². The molecule has 31 heavy (non-hydrogen) atoms. The molecular formula is C27H30O4. The van der Waals surface area contributed by atoms with Crippen LogP contribution in [0.25, 0.3) is 0 Å². The smallest absolute Gasteiger partial charge is 0.311 e. The van der Waals surface area contributed by atoms with Gasteiger partial charge in [-0.05, 0) is 81.2 Å². The van der Waals surface area contributed by atoms with Crippen LogP contribution in [-0.2, 0) is 19.9 Å². The molecule has 0 amide bonds. The van der Waals surface area contributed by atoms with Gasteiger partial charge >= 0.3 is 5.97 Å². The van der Waals surface area contributed by atoms with Gasteiger partial charge in [-0.2, -0.15) is 0 Å². The molecule has 1 heterocycles. The van der Waals surface area contributed by atoms with Crippen LogP contribution in [0.3, 0.4) is 0 Å². The van der Waals surface area contributed by atoms with Crippen molar-refractivity contribution in [3.63, 3.8) is 0 Å². The summed E-state index contributed by atoms with van der Waals surface area (Å²) in [7, 11) is 1.50. The lowest BCUT2D eigenvalue weighted by Gasteiger charge is -2.48. The Morgan fingerprint density at radius 3 is 2.65 bits per heavy atom. The zero-order valence-corrected chi connectivity index (χ0v) is 18.4. The highest BCUT2D eigenvalue weighted by atomic mass is 16.5. The lowest BCUT2D eigenvalue weighted by Crippen LogP contribution is -2.46. The van der Waals surface area contributed by atoms with Crippen LogP contribution in [0.5, 0.6) is 11.5 Å². The van der Waals surface area contributed by atoms with E-state index < -0.39 is 0 Å². The second kappa shape index (κ2) is 6.35. The van der Waals surface area contributed by atoms with Gasteiger partial charge in [0, 0.05) is 10.8 Å². The van der Waals surface area contributed by atoms with Gasteiger partial charge in [0.25, 0.3) is 0 Å². The maximum Gasteiger partial charge on any atom is 0.311 e. The van der Waals surface area contributed by atoms with E-state index in [0.29, 0.717) is 11.3 Å². The summed E-state index contributed by atoms with van der Waals surface area (Å²) >= 11 is 0. The minimum atomic E-state index is -0.257. The number of carbonyl (C=O) groups is 1. The lowest BCUT2D eigenvalue weighted by molar-refractivity contribution is -0.147. The Bertz CT molecular complexity index is 1030. The van der Waals surface area contributed by atoms with Crippen LogP contribution in [0.2, 0.25) is 0 Å². The third-order valence-electron chi connectivity index (χ3n) is 9.12. The molecule has 0 radical (unpaired) electrons. The third kappa shape index (κ3) is 2.54. The van der Waals surface area contributed by atoms with Gasteiger partial charge in [0.1, 0.15) is 11.5 Å². The van der Waals surface area contributed by atoms with Crippen molar-refractivity contribution in [1.82, 2.24) is 0 Å². The average Bonchev–Trinajstić information content (AvgIpc) is 3.64. The van der Waals surface area contributed by atoms with E-state index in [9.17, 15) is 4.79 Å². The number of ether oxygens (including phenoxy) is 3. The maximum absolute atomic E-state index is 12.1. The number of rotatable bonds is 7. The molecule has 0 N–H and O–H groups in total. The van der Waals surface area contributed by atoms with E-state index >= 15 is 0 Å². The highest BCUT2D eigenvalue weighted by molar-refractivity contribution is 5.79. The van der Waals surface area contributed by atoms with Crippen molar-refractivity contribution in [2.24, 2.45) is 22.2 Å². The van der Waals surface area contributed by atoms with E-state index in [1.165, 1.54) is 25.5 Å². The van der Waals surface area contributed by atoms with Crippen LogP contribution in [-0.4, -0.2) is 19.7 Å². The molecule has 5 atom stereocenters. The first-order valence-corrected chi connectivity index (χ1v) is 11.5. The fourth-order valence-electron chi connectivity index (χ4n) is 6.92. The van der Waals surface area contributed by atoms with Crippen molar-refractivity contribution < 1.29 is 19.0 Å². The molecule has 4 aliphatic rings. The standard InChI is InChI=1S/C27H30O4/c1-24(23(28)29-2)16-20(24)11-12-25-17-26(25)13-14-27(26,30-18-25)19-7-6-10-22(15-19)31-21-8-4-3-5-9-21/h3-10,15,20H,11-14,16-18H2,1-2H3. The Morgan fingerprint density at radius 1 is 1.10 bits per heavy atom. The van der Waals surface area contributed by atoms with E-state index in [2.05, 4.69) is 25.1 Å². The van der Waals surface area contributed by atoms with E-state index in [1.807, 2.05) is 36.4 Å². The van der Waals surface area contributed by atoms with E-state index in [-0.39, 0.29) is 22.4 Å². The Morgan fingerprint density at radius 2 is 1.90 bits per heavy atom. The molecule has 162 valence electrons. The van der Waals surface area contributed by atoms with Crippen molar-refractivity contribution in [2.75, 3.05) is 13.7 Å². The Kier molecular flexibility index (Phi) is 3.97. The van der Waals surface area contributed by atoms with Crippen molar-refractivity contribution >= 4 is 5.97 Å². The van der Waals surface area contributed by atoms with Gasteiger partial charge in [0.05, 0.1) is 24.7 Å². The SMILES string of the molecule is COC(=O)C1(C)CC1CCC12COC3(c4cccc(Oc5ccccc5)c4)CCC13C2. The molecular weight excluding hydrogens is 388 g/mol. The lowest BCUT2D eigenvalue weighted by atomic mass is 9.60. The van der Waals surface area contributed by atoms with Crippen LogP contribution in [0.4, 0.5) is 0 Å². The maximum atomic E-state index is 12.1. The molecule has 2 aromatic rings. The Balaban J connectivity index is 1.18. The van der Waals surface area contributed by atoms with Crippen molar-refractivity contribution in [3.8, 4) is 11.5 Å². The minimum absolute atomic E-state index is 0.0450. The summed E-state index contributed by atoms with van der Waals surface area (Å²) in [6, 6.07) is 18.4. The summed E-state index contributed by atoms with van der Waals surface area (Å²) in [4.78, 5) is 12.1. The highest BCUT2D eigenvalue weighted by Gasteiger charge is 2.85. The number of hydrogen-bond donors (Lipinski definition) is 0. The summed E-state index contributed by atoms with van der Waals surface area (Å²) < 4.78 is 17.7. The molecule has 2 aromatic carbocycles. The highest BCUT2D eigenvalue weighted by Crippen LogP contribution is 2.87. The van der Waals surface area contributed by atoms with Crippen LogP contribution >= 0.6 is 0 Å². The molecule has 5 unspecified atom stereocenters. The minimum Gasteiger partial charge on any atom is -0.469 e. The van der Waals surface area contributed by atoms with Crippen LogP contribution in [0.15, 0.2) is 54.6 Å². The first-order valence-electron chi connectivity index (χ1n) is 11.5. The zero-order chi connectivity index (χ0) is 21.3. The number of para-hydroxylation sites is 1. The summed E-state index contributed by atoms with van der Waals surface area (Å²) in [5, 5.41) is 0. The van der Waals surface area contributed by atoms with Crippen LogP contribution < -0.4 is 4.74 Å². The van der Waals surface area contributed by atoms with Crippen LogP contribution in [0.1, 0.15) is 51.0 Å². The fraction of sp³-hybridized carbons (Fsp3) is 0.519. The zero-order valence-electron chi connectivity index (χ0n) is 18.4. The largest absolute Gasteiger partial charge is 0.469 e. The molecule has 0 aromatic heterocycles. The summed E-state index contributed by atoms with van der Waals surface area (Å²) in [6.07, 6.45) is 6.82. The topological polar surface area (TPSA) is 44.8 Å². The molecule has 6 rings (SSSR count). The number of benzene rings is 2. The molecule has 4 fully saturated rings. The number of esters is 1. The molecule has 0 bridgehead atoms. The predicted molar refractivity (Wildman–Crippen MR) is 117 cm³/mol. The van der Waals surface area contributed by atoms with Gasteiger partial charge in [-0.1, -0.05) is 30.3 Å². The number of hydrogen-bond acceptors (Lipinski definition) is 4. The van der Waals surface area contributed by atoms with Crippen molar-refractivity contribution in [2.45, 2.75) is 51.0 Å². The molecule has 1 aliphatic heterocycles. The van der Waals surface area contributed by atoms with Gasteiger partial charge in [-0.15, -0.1) is 0 Å². The van der Waals surface area contributed by atoms with Gasteiger partial charge in [0.2, 0.25) is 0 Å². The first-order chi connectivity index (χ1) is 15.0. The average molecular weight is 419 g/mol. The Labute approximate surface area is 183 Å². The third-order valence-corrected chi connectivity index (χ3v) is 9.12. The fourth-order valence-corrected chi connectivity index (χ4v) is 6.92. The summed E-state index contributed by atoms with van der Waals surface area (Å²) in [6.45, 7) is 2.90. The summed E-state index contributed by atoms with van der Waals surface area (Å²) in [5.74, 6) is 2.14. The van der Waals surface area contributed by atoms with Crippen molar-refractivity contribution in [1.29, 1.82) is 0 Å². The predicted octanol–water partition coefficient (Wildman–Crippen LogP) is 5.85. The second-order valence-corrected chi connectivity index (χ2v) is 10.4. The first kappa shape index (κ1) is 19.4. The molecule has 3 saturated carbocycles.